The highest BCUT2D eigenvalue weighted by Crippen LogP contribution is 2.30. The second-order valence-electron chi connectivity index (χ2n) is 6.40. The predicted octanol–water partition coefficient (Wildman–Crippen LogP) is 1.21. The maximum atomic E-state index is 5.70. The van der Waals surface area contributed by atoms with E-state index in [-0.39, 0.29) is 12.0 Å². The lowest BCUT2D eigenvalue weighted by molar-refractivity contribution is 0.0957. The number of hydrogen-bond donors (Lipinski definition) is 1. The van der Waals surface area contributed by atoms with E-state index in [1.807, 2.05) is 37.8 Å². The molecule has 0 spiro atoms. The molecule has 3 aromatic rings. The van der Waals surface area contributed by atoms with E-state index in [0.717, 1.165) is 42.1 Å². The van der Waals surface area contributed by atoms with E-state index in [9.17, 15) is 0 Å². The number of aryl methyl sites for hydroxylation is 1. The van der Waals surface area contributed by atoms with E-state index in [1.165, 1.54) is 0 Å². The fourth-order valence-corrected chi connectivity index (χ4v) is 3.47. The Morgan fingerprint density at radius 1 is 1.32 bits per heavy atom. The summed E-state index contributed by atoms with van der Waals surface area (Å²) in [5, 5.41) is 15.6. The molecule has 8 nitrogen and oxygen atoms in total. The van der Waals surface area contributed by atoms with Crippen LogP contribution in [-0.2, 0) is 18.3 Å². The molecular weight excluding hydrogens is 318 g/mol. The lowest BCUT2D eigenvalue weighted by Crippen LogP contribution is -2.22. The second-order valence-corrected chi connectivity index (χ2v) is 6.40. The minimum atomic E-state index is 0.116. The molecular formula is C17H21N7O. The zero-order valence-corrected chi connectivity index (χ0v) is 14.3. The molecule has 0 amide bonds. The first-order chi connectivity index (χ1) is 12.2. The fourth-order valence-electron chi connectivity index (χ4n) is 3.47. The van der Waals surface area contributed by atoms with Crippen LogP contribution in [0.2, 0.25) is 0 Å². The summed E-state index contributed by atoms with van der Waals surface area (Å²) in [6, 6.07) is 3.97. The van der Waals surface area contributed by atoms with Gasteiger partial charge in [-0.1, -0.05) is 5.21 Å². The molecule has 2 atom stereocenters. The Morgan fingerprint density at radius 3 is 2.96 bits per heavy atom. The van der Waals surface area contributed by atoms with Gasteiger partial charge in [-0.25, -0.2) is 0 Å². The summed E-state index contributed by atoms with van der Waals surface area (Å²) in [6.45, 7) is 2.54. The van der Waals surface area contributed by atoms with E-state index < -0.39 is 0 Å². The quantitative estimate of drug-likeness (QED) is 0.752. The molecule has 0 aromatic carbocycles. The molecule has 3 aromatic heterocycles. The number of aromatic amines is 1. The normalized spacial score (nSPS) is 21.0. The van der Waals surface area contributed by atoms with Crippen LogP contribution in [0.1, 0.15) is 17.2 Å². The van der Waals surface area contributed by atoms with Gasteiger partial charge in [0.25, 0.3) is 0 Å². The van der Waals surface area contributed by atoms with Crippen molar-refractivity contribution in [2.24, 2.45) is 7.05 Å². The highest BCUT2D eigenvalue weighted by Gasteiger charge is 2.36. The van der Waals surface area contributed by atoms with Crippen molar-refractivity contribution < 1.29 is 4.74 Å². The van der Waals surface area contributed by atoms with Crippen LogP contribution in [0, 0.1) is 0 Å². The zero-order valence-electron chi connectivity index (χ0n) is 14.3. The lowest BCUT2D eigenvalue weighted by atomic mass is 10.0. The van der Waals surface area contributed by atoms with Crippen LogP contribution in [0.4, 0.5) is 0 Å². The van der Waals surface area contributed by atoms with Crippen LogP contribution >= 0.6 is 0 Å². The van der Waals surface area contributed by atoms with Crippen LogP contribution in [-0.4, -0.2) is 61.4 Å². The van der Waals surface area contributed by atoms with Gasteiger partial charge in [-0.3, -0.25) is 19.7 Å². The summed E-state index contributed by atoms with van der Waals surface area (Å²) in [7, 11) is 3.65. The first-order valence-corrected chi connectivity index (χ1v) is 8.28. The van der Waals surface area contributed by atoms with Crippen molar-refractivity contribution in [1.82, 2.24) is 35.1 Å². The zero-order chi connectivity index (χ0) is 17.2. The van der Waals surface area contributed by atoms with Crippen LogP contribution in [0.15, 0.2) is 36.9 Å². The number of methoxy groups -OCH3 is 1. The Kier molecular flexibility index (Phi) is 4.29. The third kappa shape index (κ3) is 3.18. The third-order valence-corrected chi connectivity index (χ3v) is 4.71. The molecule has 25 heavy (non-hydrogen) atoms. The van der Waals surface area contributed by atoms with Gasteiger partial charge in [0, 0.05) is 69.4 Å². The molecule has 4 heterocycles. The highest BCUT2D eigenvalue weighted by atomic mass is 16.5. The lowest BCUT2D eigenvalue weighted by Gasteiger charge is -2.15. The standard InChI is InChI=1S/C17H21N7O/c1-23-10-15(20-22-23)14-9-24(11-16(14)25-2)8-13-7-19-21-17(13)12-4-3-5-18-6-12/h3-7,10,14,16H,8-9,11H2,1-2H3,(H,19,21)/t14-,16+/m0/s1. The van der Waals surface area contributed by atoms with E-state index >= 15 is 0 Å². The molecule has 0 aliphatic carbocycles. The Hall–Kier alpha value is -2.58. The highest BCUT2D eigenvalue weighted by molar-refractivity contribution is 5.61. The minimum Gasteiger partial charge on any atom is -0.379 e. The Labute approximate surface area is 145 Å². The number of nitrogens with one attached hydrogen (secondary N) is 1. The Balaban J connectivity index is 1.52. The SMILES string of the molecule is CO[C@@H]1CN(Cc2cn[nH]c2-c2cccnc2)C[C@H]1c1cn(C)nn1. The van der Waals surface area contributed by atoms with Gasteiger partial charge in [0.2, 0.25) is 0 Å². The molecule has 4 rings (SSSR count). The first-order valence-electron chi connectivity index (χ1n) is 8.28. The molecule has 0 unspecified atom stereocenters. The van der Waals surface area contributed by atoms with E-state index in [4.69, 9.17) is 4.74 Å². The Morgan fingerprint density at radius 2 is 2.24 bits per heavy atom. The average molecular weight is 339 g/mol. The number of hydrogen-bond acceptors (Lipinski definition) is 6. The monoisotopic (exact) mass is 339 g/mol. The van der Waals surface area contributed by atoms with Crippen LogP contribution in [0.3, 0.4) is 0 Å². The third-order valence-electron chi connectivity index (χ3n) is 4.71. The fraction of sp³-hybridized carbons (Fsp3) is 0.412. The molecule has 0 radical (unpaired) electrons. The van der Waals surface area contributed by atoms with Gasteiger partial charge in [-0.05, 0) is 12.1 Å². The molecule has 1 saturated heterocycles. The first kappa shape index (κ1) is 15.9. The average Bonchev–Trinajstić information content (AvgIpc) is 3.35. The molecule has 1 fully saturated rings. The number of rotatable bonds is 5. The van der Waals surface area contributed by atoms with Gasteiger partial charge in [0.1, 0.15) is 0 Å². The molecule has 1 aliphatic heterocycles. The molecule has 0 saturated carbocycles. The molecule has 1 aliphatic rings. The van der Waals surface area contributed by atoms with Crippen LogP contribution in [0.5, 0.6) is 0 Å². The summed E-state index contributed by atoms with van der Waals surface area (Å²) < 4.78 is 7.44. The maximum Gasteiger partial charge on any atom is 0.0897 e. The van der Waals surface area contributed by atoms with E-state index in [2.05, 4.69) is 30.4 Å². The summed E-state index contributed by atoms with van der Waals surface area (Å²) >= 11 is 0. The largest absolute Gasteiger partial charge is 0.379 e. The van der Waals surface area contributed by atoms with Gasteiger partial charge in [-0.2, -0.15) is 5.10 Å². The molecule has 0 bridgehead atoms. The molecule has 1 N–H and O–H groups in total. The number of ether oxygens (including phenoxy) is 1. The van der Waals surface area contributed by atoms with Gasteiger partial charge < -0.3 is 4.74 Å². The van der Waals surface area contributed by atoms with Crippen LogP contribution < -0.4 is 0 Å². The molecule has 130 valence electrons. The van der Waals surface area contributed by atoms with Crippen molar-refractivity contribution in [2.45, 2.75) is 18.6 Å². The van der Waals surface area contributed by atoms with Gasteiger partial charge >= 0.3 is 0 Å². The number of nitrogens with zero attached hydrogens (tertiary/aromatic N) is 6. The predicted molar refractivity (Wildman–Crippen MR) is 91.6 cm³/mol. The van der Waals surface area contributed by atoms with Gasteiger partial charge in [0.05, 0.1) is 23.7 Å². The summed E-state index contributed by atoms with van der Waals surface area (Å²) in [4.78, 5) is 6.57. The van der Waals surface area contributed by atoms with Gasteiger partial charge in [-0.15, -0.1) is 5.10 Å². The Bertz CT molecular complexity index is 828. The summed E-state index contributed by atoms with van der Waals surface area (Å²) in [5.41, 5.74) is 4.20. The minimum absolute atomic E-state index is 0.116. The van der Waals surface area contributed by atoms with Crippen molar-refractivity contribution >= 4 is 0 Å². The smallest absolute Gasteiger partial charge is 0.0897 e. The summed E-state index contributed by atoms with van der Waals surface area (Å²) in [6.07, 6.45) is 7.60. The van der Waals surface area contributed by atoms with Crippen molar-refractivity contribution in [2.75, 3.05) is 20.2 Å². The number of likely N-dealkylation sites (tertiary alicyclic amines) is 1. The number of aromatic nitrogens is 6. The van der Waals surface area contributed by atoms with Crippen LogP contribution in [0.25, 0.3) is 11.3 Å². The van der Waals surface area contributed by atoms with E-state index in [1.54, 1.807) is 18.0 Å². The van der Waals surface area contributed by atoms with Crippen molar-refractivity contribution in [3.8, 4) is 11.3 Å². The van der Waals surface area contributed by atoms with E-state index in [0.29, 0.717) is 0 Å². The second kappa shape index (κ2) is 6.73. The van der Waals surface area contributed by atoms with Crippen molar-refractivity contribution in [3.63, 3.8) is 0 Å². The molecule has 8 heteroatoms. The summed E-state index contributed by atoms with van der Waals surface area (Å²) in [5.74, 6) is 0.229. The van der Waals surface area contributed by atoms with Crippen molar-refractivity contribution in [3.05, 3.63) is 48.2 Å². The maximum absolute atomic E-state index is 5.70. The topological polar surface area (TPSA) is 84.8 Å². The number of H-pyrrole nitrogens is 1. The van der Waals surface area contributed by atoms with Gasteiger partial charge in [0.15, 0.2) is 0 Å². The van der Waals surface area contributed by atoms with Crippen molar-refractivity contribution in [1.29, 1.82) is 0 Å². The number of pyridine rings is 1.